The molecule has 21 heavy (non-hydrogen) atoms. The van der Waals surface area contributed by atoms with Crippen molar-refractivity contribution in [2.45, 2.75) is 38.3 Å². The first-order valence-electron chi connectivity index (χ1n) is 7.41. The van der Waals surface area contributed by atoms with Crippen molar-refractivity contribution in [3.05, 3.63) is 28.2 Å². The summed E-state index contributed by atoms with van der Waals surface area (Å²) in [5, 5.41) is 3.50. The van der Waals surface area contributed by atoms with Crippen molar-refractivity contribution in [2.75, 3.05) is 20.7 Å². The summed E-state index contributed by atoms with van der Waals surface area (Å²) in [5.74, 6) is 1.05. The third-order valence-electron chi connectivity index (χ3n) is 3.47. The molecule has 1 amide bonds. The number of ether oxygens (including phenoxy) is 1. The van der Waals surface area contributed by atoms with E-state index < -0.39 is 0 Å². The molecule has 1 aromatic rings. The van der Waals surface area contributed by atoms with E-state index in [-0.39, 0.29) is 5.91 Å². The van der Waals surface area contributed by atoms with E-state index >= 15 is 0 Å². The minimum atomic E-state index is 0.144. The summed E-state index contributed by atoms with van der Waals surface area (Å²) in [6.45, 7) is 1.40. The van der Waals surface area contributed by atoms with Gasteiger partial charge >= 0.3 is 0 Å². The molecule has 1 fully saturated rings. The van der Waals surface area contributed by atoms with Crippen LogP contribution in [0.15, 0.2) is 22.7 Å². The SMILES string of the molecule is CN(C)C(=O)CCCOc1ccc(Br)cc1CNC1CC1. The molecular formula is C16H23BrN2O2. The second-order valence-electron chi connectivity index (χ2n) is 5.65. The van der Waals surface area contributed by atoms with Crippen LogP contribution in [0.2, 0.25) is 0 Å². The first-order valence-corrected chi connectivity index (χ1v) is 8.20. The van der Waals surface area contributed by atoms with Crippen LogP contribution in [0, 0.1) is 0 Å². The molecule has 4 nitrogen and oxygen atoms in total. The number of hydrogen-bond donors (Lipinski definition) is 1. The van der Waals surface area contributed by atoms with Crippen molar-refractivity contribution < 1.29 is 9.53 Å². The molecule has 0 heterocycles. The fourth-order valence-electron chi connectivity index (χ4n) is 2.00. The first kappa shape index (κ1) is 16.3. The van der Waals surface area contributed by atoms with Gasteiger partial charge in [-0.2, -0.15) is 0 Å². The summed E-state index contributed by atoms with van der Waals surface area (Å²) in [7, 11) is 3.55. The van der Waals surface area contributed by atoms with E-state index in [1.54, 1.807) is 19.0 Å². The van der Waals surface area contributed by atoms with Crippen LogP contribution >= 0.6 is 15.9 Å². The maximum atomic E-state index is 11.5. The number of benzene rings is 1. The Balaban J connectivity index is 1.81. The fourth-order valence-corrected chi connectivity index (χ4v) is 2.41. The molecule has 0 spiro atoms. The summed E-state index contributed by atoms with van der Waals surface area (Å²) in [4.78, 5) is 13.1. The van der Waals surface area contributed by atoms with Crippen molar-refractivity contribution in [1.29, 1.82) is 0 Å². The van der Waals surface area contributed by atoms with E-state index in [1.165, 1.54) is 12.8 Å². The van der Waals surface area contributed by atoms with Crippen molar-refractivity contribution in [1.82, 2.24) is 10.2 Å². The summed E-state index contributed by atoms with van der Waals surface area (Å²) >= 11 is 3.50. The fraction of sp³-hybridized carbons (Fsp3) is 0.562. The molecule has 1 aliphatic carbocycles. The molecule has 116 valence electrons. The maximum absolute atomic E-state index is 11.5. The van der Waals surface area contributed by atoms with Gasteiger partial charge in [-0.1, -0.05) is 15.9 Å². The highest BCUT2D eigenvalue weighted by Gasteiger charge is 2.20. The van der Waals surface area contributed by atoms with Crippen LogP contribution in [0.5, 0.6) is 5.75 Å². The highest BCUT2D eigenvalue weighted by atomic mass is 79.9. The first-order chi connectivity index (χ1) is 10.1. The van der Waals surface area contributed by atoms with Crippen molar-refractivity contribution in [2.24, 2.45) is 0 Å². The highest BCUT2D eigenvalue weighted by molar-refractivity contribution is 9.10. The number of rotatable bonds is 8. The Labute approximate surface area is 135 Å². The Morgan fingerprint density at radius 2 is 2.19 bits per heavy atom. The second kappa shape index (κ2) is 7.80. The quantitative estimate of drug-likeness (QED) is 0.729. The Hall–Kier alpha value is -1.07. The number of halogens is 1. The van der Waals surface area contributed by atoms with Crippen LogP contribution in [-0.4, -0.2) is 37.6 Å². The van der Waals surface area contributed by atoms with E-state index in [2.05, 4.69) is 27.3 Å². The Morgan fingerprint density at radius 3 is 2.86 bits per heavy atom. The topological polar surface area (TPSA) is 41.6 Å². The lowest BCUT2D eigenvalue weighted by Crippen LogP contribution is -2.21. The van der Waals surface area contributed by atoms with Gasteiger partial charge in [0.1, 0.15) is 5.75 Å². The summed E-state index contributed by atoms with van der Waals surface area (Å²) in [6.07, 6.45) is 3.81. The molecular weight excluding hydrogens is 332 g/mol. The van der Waals surface area contributed by atoms with Crippen LogP contribution in [0.1, 0.15) is 31.2 Å². The van der Waals surface area contributed by atoms with Crippen LogP contribution in [-0.2, 0) is 11.3 Å². The van der Waals surface area contributed by atoms with Gasteiger partial charge < -0.3 is 15.0 Å². The molecule has 0 aromatic heterocycles. The lowest BCUT2D eigenvalue weighted by atomic mass is 10.2. The van der Waals surface area contributed by atoms with Gasteiger partial charge in [0.15, 0.2) is 0 Å². The Morgan fingerprint density at radius 1 is 1.43 bits per heavy atom. The molecule has 2 rings (SSSR count). The summed E-state index contributed by atoms with van der Waals surface area (Å²) in [6, 6.07) is 6.74. The molecule has 0 bridgehead atoms. The van der Waals surface area contributed by atoms with Gasteiger partial charge in [0.05, 0.1) is 6.61 Å². The molecule has 0 unspecified atom stereocenters. The molecule has 0 saturated heterocycles. The van der Waals surface area contributed by atoms with Gasteiger partial charge in [-0.25, -0.2) is 0 Å². The van der Waals surface area contributed by atoms with Crippen molar-refractivity contribution in [3.8, 4) is 5.75 Å². The van der Waals surface area contributed by atoms with Crippen LogP contribution < -0.4 is 10.1 Å². The summed E-state index contributed by atoms with van der Waals surface area (Å²) in [5.41, 5.74) is 1.16. The van der Waals surface area contributed by atoms with Gasteiger partial charge in [0.25, 0.3) is 0 Å². The average molecular weight is 355 g/mol. The van der Waals surface area contributed by atoms with Gasteiger partial charge in [-0.3, -0.25) is 4.79 Å². The second-order valence-corrected chi connectivity index (χ2v) is 6.56. The number of nitrogens with zero attached hydrogens (tertiary/aromatic N) is 1. The van der Waals surface area contributed by atoms with Gasteiger partial charge in [-0.05, 0) is 37.5 Å². The lowest BCUT2D eigenvalue weighted by Gasteiger charge is -2.13. The molecule has 0 atom stereocenters. The average Bonchev–Trinajstić information content (AvgIpc) is 3.26. The zero-order chi connectivity index (χ0) is 15.2. The van der Waals surface area contributed by atoms with E-state index in [0.29, 0.717) is 19.1 Å². The van der Waals surface area contributed by atoms with Crippen LogP contribution in [0.3, 0.4) is 0 Å². The minimum absolute atomic E-state index is 0.144. The Kier molecular flexibility index (Phi) is 6.06. The van der Waals surface area contributed by atoms with Crippen molar-refractivity contribution >= 4 is 21.8 Å². The van der Waals surface area contributed by atoms with Gasteiger partial charge in [0, 0.05) is 43.1 Å². The van der Waals surface area contributed by atoms with E-state index in [0.717, 1.165) is 28.8 Å². The zero-order valence-electron chi connectivity index (χ0n) is 12.7. The van der Waals surface area contributed by atoms with E-state index in [4.69, 9.17) is 4.74 Å². The summed E-state index contributed by atoms with van der Waals surface area (Å²) < 4.78 is 6.90. The monoisotopic (exact) mass is 354 g/mol. The third kappa shape index (κ3) is 5.67. The predicted octanol–water partition coefficient (Wildman–Crippen LogP) is 2.95. The normalized spacial score (nSPS) is 14.0. The molecule has 0 radical (unpaired) electrons. The molecule has 1 N–H and O–H groups in total. The minimum Gasteiger partial charge on any atom is -0.493 e. The smallest absolute Gasteiger partial charge is 0.222 e. The van der Waals surface area contributed by atoms with E-state index in [9.17, 15) is 4.79 Å². The molecule has 1 aliphatic rings. The molecule has 0 aliphatic heterocycles. The Bertz CT molecular complexity index is 487. The third-order valence-corrected chi connectivity index (χ3v) is 3.97. The standard InChI is InChI=1S/C16H23BrN2O2/c1-19(2)16(20)4-3-9-21-15-8-5-13(17)10-12(15)11-18-14-6-7-14/h5,8,10,14,18H,3-4,6-7,9,11H2,1-2H3. The van der Waals surface area contributed by atoms with Gasteiger partial charge in [-0.15, -0.1) is 0 Å². The number of hydrogen-bond acceptors (Lipinski definition) is 3. The van der Waals surface area contributed by atoms with Crippen LogP contribution in [0.25, 0.3) is 0 Å². The lowest BCUT2D eigenvalue weighted by molar-refractivity contribution is -0.128. The number of amides is 1. The van der Waals surface area contributed by atoms with Crippen molar-refractivity contribution in [3.63, 3.8) is 0 Å². The molecule has 1 aromatic carbocycles. The number of carbonyl (C=O) groups is 1. The maximum Gasteiger partial charge on any atom is 0.222 e. The predicted molar refractivity (Wildman–Crippen MR) is 87.4 cm³/mol. The number of nitrogens with one attached hydrogen (secondary N) is 1. The highest BCUT2D eigenvalue weighted by Crippen LogP contribution is 2.25. The molecule has 5 heteroatoms. The molecule has 1 saturated carbocycles. The van der Waals surface area contributed by atoms with Gasteiger partial charge in [0.2, 0.25) is 5.91 Å². The zero-order valence-corrected chi connectivity index (χ0v) is 14.3. The van der Waals surface area contributed by atoms with Crippen LogP contribution in [0.4, 0.5) is 0 Å². The van der Waals surface area contributed by atoms with E-state index in [1.807, 2.05) is 12.1 Å². The largest absolute Gasteiger partial charge is 0.493 e. The number of carbonyl (C=O) groups excluding carboxylic acids is 1.